The Hall–Kier alpha value is -2.69. The second-order valence-corrected chi connectivity index (χ2v) is 4.30. The monoisotopic (exact) mass is 265 g/mol. The summed E-state index contributed by atoms with van der Waals surface area (Å²) in [7, 11) is 0. The van der Waals surface area contributed by atoms with Crippen molar-refractivity contribution < 1.29 is 4.39 Å². The van der Waals surface area contributed by atoms with Gasteiger partial charge in [0.15, 0.2) is 0 Å². The summed E-state index contributed by atoms with van der Waals surface area (Å²) in [6, 6.07) is 15.9. The fraction of sp³-hybridized carbons (Fsp3) is 0.125. The zero-order valence-electron chi connectivity index (χ0n) is 10.7. The highest BCUT2D eigenvalue weighted by Gasteiger charge is 2.06. The van der Waals surface area contributed by atoms with E-state index in [0.717, 1.165) is 5.56 Å². The van der Waals surface area contributed by atoms with Gasteiger partial charge in [0.25, 0.3) is 0 Å². The molecule has 20 heavy (non-hydrogen) atoms. The molecule has 0 bridgehead atoms. The van der Waals surface area contributed by atoms with Gasteiger partial charge in [-0.2, -0.15) is 10.5 Å². The first-order valence-corrected chi connectivity index (χ1v) is 6.12. The van der Waals surface area contributed by atoms with Crippen molar-refractivity contribution in [3.63, 3.8) is 0 Å². The molecule has 0 fully saturated rings. The number of hydrogen-bond acceptors (Lipinski definition) is 3. The number of nitriles is 2. The van der Waals surface area contributed by atoms with Crippen LogP contribution in [0.2, 0.25) is 0 Å². The Balaban J connectivity index is 1.96. The summed E-state index contributed by atoms with van der Waals surface area (Å²) in [5.41, 5.74) is 2.16. The molecule has 98 valence electrons. The van der Waals surface area contributed by atoms with Crippen molar-refractivity contribution in [1.82, 2.24) is 5.32 Å². The van der Waals surface area contributed by atoms with Crippen LogP contribution in [-0.2, 0) is 13.1 Å². The summed E-state index contributed by atoms with van der Waals surface area (Å²) in [4.78, 5) is 0. The van der Waals surface area contributed by atoms with Gasteiger partial charge in [-0.05, 0) is 23.8 Å². The molecular weight excluding hydrogens is 253 g/mol. The van der Waals surface area contributed by atoms with Crippen LogP contribution < -0.4 is 5.32 Å². The van der Waals surface area contributed by atoms with Gasteiger partial charge in [0.1, 0.15) is 11.9 Å². The van der Waals surface area contributed by atoms with Gasteiger partial charge in [0, 0.05) is 18.7 Å². The molecule has 3 nitrogen and oxygen atoms in total. The van der Waals surface area contributed by atoms with Crippen LogP contribution in [0.4, 0.5) is 4.39 Å². The standard InChI is InChI=1S/C16H12FN3/c17-16-14(9-19)2-1-3-15(16)11-20-10-13-6-4-12(8-18)5-7-13/h1-7,20H,10-11H2. The molecule has 0 aliphatic rings. The summed E-state index contributed by atoms with van der Waals surface area (Å²) < 4.78 is 13.8. The molecular formula is C16H12FN3. The molecule has 0 saturated carbocycles. The Morgan fingerprint density at radius 2 is 1.70 bits per heavy atom. The Kier molecular flexibility index (Phi) is 4.44. The van der Waals surface area contributed by atoms with Crippen LogP contribution in [0.1, 0.15) is 22.3 Å². The van der Waals surface area contributed by atoms with E-state index in [0.29, 0.717) is 24.2 Å². The second-order valence-electron chi connectivity index (χ2n) is 4.30. The van der Waals surface area contributed by atoms with E-state index >= 15 is 0 Å². The third kappa shape index (κ3) is 3.20. The second kappa shape index (κ2) is 6.47. The molecule has 0 aliphatic heterocycles. The Morgan fingerprint density at radius 3 is 2.35 bits per heavy atom. The first-order valence-electron chi connectivity index (χ1n) is 6.12. The quantitative estimate of drug-likeness (QED) is 0.924. The molecule has 1 N–H and O–H groups in total. The summed E-state index contributed by atoms with van der Waals surface area (Å²) >= 11 is 0. The van der Waals surface area contributed by atoms with Crippen molar-refractivity contribution >= 4 is 0 Å². The van der Waals surface area contributed by atoms with Gasteiger partial charge in [0.05, 0.1) is 17.2 Å². The van der Waals surface area contributed by atoms with Crippen molar-refractivity contribution in [3.8, 4) is 12.1 Å². The number of hydrogen-bond donors (Lipinski definition) is 1. The lowest BCUT2D eigenvalue weighted by Crippen LogP contribution is -2.14. The van der Waals surface area contributed by atoms with Gasteiger partial charge >= 0.3 is 0 Å². The van der Waals surface area contributed by atoms with Gasteiger partial charge in [-0.3, -0.25) is 0 Å². The fourth-order valence-electron chi connectivity index (χ4n) is 1.84. The minimum Gasteiger partial charge on any atom is -0.309 e. The third-order valence-corrected chi connectivity index (χ3v) is 2.93. The maximum atomic E-state index is 13.8. The molecule has 2 rings (SSSR count). The summed E-state index contributed by atoms with van der Waals surface area (Å²) in [5.74, 6) is -0.470. The average Bonchev–Trinajstić information content (AvgIpc) is 2.49. The minimum absolute atomic E-state index is 0.0580. The number of halogens is 1. The number of rotatable bonds is 4. The topological polar surface area (TPSA) is 59.6 Å². The van der Waals surface area contributed by atoms with Gasteiger partial charge in [0.2, 0.25) is 0 Å². The van der Waals surface area contributed by atoms with E-state index in [4.69, 9.17) is 10.5 Å². The van der Waals surface area contributed by atoms with Crippen molar-refractivity contribution in [2.45, 2.75) is 13.1 Å². The zero-order chi connectivity index (χ0) is 14.4. The Morgan fingerprint density at radius 1 is 0.950 bits per heavy atom. The lowest BCUT2D eigenvalue weighted by molar-refractivity contribution is 0.585. The minimum atomic E-state index is -0.470. The van der Waals surface area contributed by atoms with E-state index < -0.39 is 5.82 Å². The van der Waals surface area contributed by atoms with Gasteiger partial charge < -0.3 is 5.32 Å². The maximum absolute atomic E-state index is 13.8. The third-order valence-electron chi connectivity index (χ3n) is 2.93. The van der Waals surface area contributed by atoms with Crippen LogP contribution in [0.25, 0.3) is 0 Å². The van der Waals surface area contributed by atoms with Crippen LogP contribution in [0, 0.1) is 28.5 Å². The summed E-state index contributed by atoms with van der Waals surface area (Å²) in [5, 5.41) is 20.6. The summed E-state index contributed by atoms with van der Waals surface area (Å²) in [6.45, 7) is 0.920. The van der Waals surface area contributed by atoms with E-state index in [1.54, 1.807) is 24.3 Å². The molecule has 0 atom stereocenters. The van der Waals surface area contributed by atoms with Crippen LogP contribution in [0.5, 0.6) is 0 Å². The van der Waals surface area contributed by atoms with Crippen LogP contribution in [-0.4, -0.2) is 0 Å². The van der Waals surface area contributed by atoms with Gasteiger partial charge in [-0.1, -0.05) is 24.3 Å². The molecule has 4 heteroatoms. The largest absolute Gasteiger partial charge is 0.309 e. The van der Waals surface area contributed by atoms with Gasteiger partial charge in [-0.25, -0.2) is 4.39 Å². The average molecular weight is 265 g/mol. The van der Waals surface area contributed by atoms with E-state index in [1.165, 1.54) is 6.07 Å². The smallest absolute Gasteiger partial charge is 0.145 e. The Bertz CT molecular complexity index is 678. The van der Waals surface area contributed by atoms with E-state index in [-0.39, 0.29) is 5.56 Å². The number of nitrogens with one attached hydrogen (secondary N) is 1. The van der Waals surface area contributed by atoms with Crippen molar-refractivity contribution in [2.24, 2.45) is 0 Å². The van der Waals surface area contributed by atoms with Crippen LogP contribution >= 0.6 is 0 Å². The SMILES string of the molecule is N#Cc1ccc(CNCc2cccc(C#N)c2F)cc1. The fourth-order valence-corrected chi connectivity index (χ4v) is 1.84. The molecule has 0 aliphatic carbocycles. The first kappa shape index (κ1) is 13.7. The Labute approximate surface area is 116 Å². The highest BCUT2D eigenvalue weighted by molar-refractivity contribution is 5.35. The van der Waals surface area contributed by atoms with Gasteiger partial charge in [-0.15, -0.1) is 0 Å². The maximum Gasteiger partial charge on any atom is 0.145 e. The lowest BCUT2D eigenvalue weighted by atomic mass is 10.1. The van der Waals surface area contributed by atoms with E-state index in [1.807, 2.05) is 18.2 Å². The predicted molar refractivity (Wildman–Crippen MR) is 72.8 cm³/mol. The van der Waals surface area contributed by atoms with Crippen LogP contribution in [0.15, 0.2) is 42.5 Å². The molecule has 0 radical (unpaired) electrons. The number of benzene rings is 2. The van der Waals surface area contributed by atoms with Crippen LogP contribution in [0.3, 0.4) is 0 Å². The first-order chi connectivity index (χ1) is 9.74. The zero-order valence-corrected chi connectivity index (χ0v) is 10.7. The lowest BCUT2D eigenvalue weighted by Gasteiger charge is -2.07. The number of nitrogens with zero attached hydrogens (tertiary/aromatic N) is 2. The summed E-state index contributed by atoms with van der Waals surface area (Å²) in [6.07, 6.45) is 0. The highest BCUT2D eigenvalue weighted by atomic mass is 19.1. The van der Waals surface area contributed by atoms with E-state index in [2.05, 4.69) is 11.4 Å². The van der Waals surface area contributed by atoms with E-state index in [9.17, 15) is 4.39 Å². The van der Waals surface area contributed by atoms with Crippen molar-refractivity contribution in [3.05, 3.63) is 70.5 Å². The molecule has 0 aromatic heterocycles. The molecule has 0 spiro atoms. The highest BCUT2D eigenvalue weighted by Crippen LogP contribution is 2.12. The molecule has 0 unspecified atom stereocenters. The normalized spacial score (nSPS) is 9.75. The predicted octanol–water partition coefficient (Wildman–Crippen LogP) is 2.86. The molecule has 0 heterocycles. The molecule has 0 saturated heterocycles. The molecule has 0 amide bonds. The molecule has 2 aromatic rings. The molecule has 2 aromatic carbocycles. The van der Waals surface area contributed by atoms with Crippen molar-refractivity contribution in [2.75, 3.05) is 0 Å². The van der Waals surface area contributed by atoms with Crippen molar-refractivity contribution in [1.29, 1.82) is 10.5 Å².